The number of amides is 1. The van der Waals surface area contributed by atoms with E-state index in [1.54, 1.807) is 12.2 Å². The number of benzene rings is 1. The highest BCUT2D eigenvalue weighted by molar-refractivity contribution is 5.90. The molecule has 0 aliphatic carbocycles. The van der Waals surface area contributed by atoms with Gasteiger partial charge in [0.25, 0.3) is 5.91 Å². The van der Waals surface area contributed by atoms with Crippen LogP contribution >= 0.6 is 0 Å². The lowest BCUT2D eigenvalue weighted by Crippen LogP contribution is -2.35. The second kappa shape index (κ2) is 9.39. The van der Waals surface area contributed by atoms with Gasteiger partial charge in [-0.1, -0.05) is 18.2 Å². The number of rotatable bonds is 8. The summed E-state index contributed by atoms with van der Waals surface area (Å²) in [6, 6.07) is 7.30. The van der Waals surface area contributed by atoms with Gasteiger partial charge in [-0.15, -0.1) is 6.58 Å². The predicted molar refractivity (Wildman–Crippen MR) is 85.4 cm³/mol. The maximum absolute atomic E-state index is 11.6. The van der Waals surface area contributed by atoms with Crippen molar-refractivity contribution in [1.82, 2.24) is 5.32 Å². The topological polar surface area (TPSA) is 64.6 Å². The summed E-state index contributed by atoms with van der Waals surface area (Å²) in [5.41, 5.74) is 0.837. The Balaban J connectivity index is 2.49. The molecular formula is C17H21NO4. The van der Waals surface area contributed by atoms with E-state index >= 15 is 0 Å². The summed E-state index contributed by atoms with van der Waals surface area (Å²) in [6.45, 7) is 7.86. The lowest BCUT2D eigenvalue weighted by atomic mass is 10.2. The van der Waals surface area contributed by atoms with Crippen molar-refractivity contribution in [2.45, 2.75) is 20.0 Å². The predicted octanol–water partition coefficient (Wildman–Crippen LogP) is 2.33. The molecule has 1 N–H and O–H groups in total. The van der Waals surface area contributed by atoms with E-state index in [2.05, 4.69) is 11.9 Å². The summed E-state index contributed by atoms with van der Waals surface area (Å²) in [7, 11) is 0. The molecule has 0 saturated heterocycles. The first kappa shape index (κ1) is 17.5. The van der Waals surface area contributed by atoms with E-state index in [0.717, 1.165) is 11.3 Å². The molecule has 0 aliphatic rings. The number of carbonyl (C=O) groups excluding carboxylic acids is 2. The Hall–Kier alpha value is -2.56. The third-order valence-corrected chi connectivity index (χ3v) is 2.69. The summed E-state index contributed by atoms with van der Waals surface area (Å²) in [6.07, 6.45) is 3.61. The zero-order valence-electron chi connectivity index (χ0n) is 12.9. The summed E-state index contributed by atoms with van der Waals surface area (Å²) < 4.78 is 10.3. The summed E-state index contributed by atoms with van der Waals surface area (Å²) in [4.78, 5) is 23.2. The van der Waals surface area contributed by atoms with E-state index in [-0.39, 0.29) is 5.91 Å². The van der Waals surface area contributed by atoms with Crippen LogP contribution in [0.25, 0.3) is 6.08 Å². The molecule has 118 valence electrons. The van der Waals surface area contributed by atoms with Gasteiger partial charge in [0.2, 0.25) is 0 Å². The van der Waals surface area contributed by atoms with Crippen LogP contribution < -0.4 is 10.1 Å². The highest BCUT2D eigenvalue weighted by atomic mass is 16.5. The first-order chi connectivity index (χ1) is 10.6. The quantitative estimate of drug-likeness (QED) is 0.455. The summed E-state index contributed by atoms with van der Waals surface area (Å²) in [5.74, 6) is -0.160. The normalized spacial score (nSPS) is 11.7. The highest BCUT2D eigenvalue weighted by Gasteiger charge is 2.15. The molecule has 0 unspecified atom stereocenters. The lowest BCUT2D eigenvalue weighted by molar-refractivity contribution is -0.150. The van der Waals surface area contributed by atoms with Crippen molar-refractivity contribution in [3.8, 4) is 5.75 Å². The molecule has 1 aromatic rings. The van der Waals surface area contributed by atoms with E-state index < -0.39 is 12.1 Å². The van der Waals surface area contributed by atoms with E-state index in [1.165, 1.54) is 13.0 Å². The molecular weight excluding hydrogens is 282 g/mol. The monoisotopic (exact) mass is 303 g/mol. The molecule has 0 spiro atoms. The molecule has 1 amide bonds. The van der Waals surface area contributed by atoms with Crippen molar-refractivity contribution < 1.29 is 19.1 Å². The SMILES string of the molecule is C=CCNC(=O)[C@H](C)OC(=O)/C=C/c1ccc(OCC)cc1. The van der Waals surface area contributed by atoms with Gasteiger partial charge in [0.1, 0.15) is 5.75 Å². The Kier molecular flexibility index (Phi) is 7.47. The zero-order chi connectivity index (χ0) is 16.4. The first-order valence-corrected chi connectivity index (χ1v) is 7.07. The third kappa shape index (κ3) is 6.26. The number of hydrogen-bond acceptors (Lipinski definition) is 4. The van der Waals surface area contributed by atoms with E-state index in [4.69, 9.17) is 9.47 Å². The smallest absolute Gasteiger partial charge is 0.331 e. The maximum atomic E-state index is 11.6. The second-order valence-electron chi connectivity index (χ2n) is 4.45. The van der Waals surface area contributed by atoms with Crippen LogP contribution in [-0.4, -0.2) is 31.1 Å². The fourth-order valence-electron chi connectivity index (χ4n) is 1.59. The van der Waals surface area contributed by atoms with Crippen LogP contribution in [0.4, 0.5) is 0 Å². The zero-order valence-corrected chi connectivity index (χ0v) is 12.9. The van der Waals surface area contributed by atoms with E-state index in [0.29, 0.717) is 13.2 Å². The van der Waals surface area contributed by atoms with Gasteiger partial charge in [-0.05, 0) is 37.6 Å². The van der Waals surface area contributed by atoms with Crippen LogP contribution in [0.2, 0.25) is 0 Å². The number of carbonyl (C=O) groups is 2. The molecule has 0 radical (unpaired) electrons. The summed E-state index contributed by atoms with van der Waals surface area (Å²) >= 11 is 0. The second-order valence-corrected chi connectivity index (χ2v) is 4.45. The van der Waals surface area contributed by atoms with Gasteiger partial charge in [0, 0.05) is 12.6 Å². The van der Waals surface area contributed by atoms with E-state index in [1.807, 2.05) is 31.2 Å². The van der Waals surface area contributed by atoms with Crippen LogP contribution in [-0.2, 0) is 14.3 Å². The molecule has 0 heterocycles. The van der Waals surface area contributed by atoms with Gasteiger partial charge in [-0.25, -0.2) is 4.79 Å². The Bertz CT molecular complexity index is 534. The lowest BCUT2D eigenvalue weighted by Gasteiger charge is -2.11. The average molecular weight is 303 g/mol. The van der Waals surface area contributed by atoms with Crippen LogP contribution in [0, 0.1) is 0 Å². The number of hydrogen-bond donors (Lipinski definition) is 1. The molecule has 1 atom stereocenters. The molecule has 5 nitrogen and oxygen atoms in total. The summed E-state index contributed by atoms with van der Waals surface area (Å²) in [5, 5.41) is 2.56. The number of nitrogens with one attached hydrogen (secondary N) is 1. The standard InChI is InChI=1S/C17H21NO4/c1-4-12-18-17(20)13(3)22-16(19)11-8-14-6-9-15(10-7-14)21-5-2/h4,6-11,13H,1,5,12H2,2-3H3,(H,18,20)/b11-8+/t13-/m0/s1. The fourth-order valence-corrected chi connectivity index (χ4v) is 1.59. The minimum atomic E-state index is -0.850. The number of ether oxygens (including phenoxy) is 2. The Morgan fingerprint density at radius 2 is 2.00 bits per heavy atom. The molecule has 0 aliphatic heterocycles. The van der Waals surface area contributed by atoms with Crippen LogP contribution in [0.3, 0.4) is 0 Å². The maximum Gasteiger partial charge on any atom is 0.331 e. The number of esters is 1. The molecule has 0 bridgehead atoms. The van der Waals surface area contributed by atoms with Crippen molar-refractivity contribution in [2.24, 2.45) is 0 Å². The minimum Gasteiger partial charge on any atom is -0.494 e. The van der Waals surface area contributed by atoms with Crippen LogP contribution in [0.1, 0.15) is 19.4 Å². The Morgan fingerprint density at radius 1 is 1.32 bits per heavy atom. The fraction of sp³-hybridized carbons (Fsp3) is 0.294. The van der Waals surface area contributed by atoms with Crippen LogP contribution in [0.15, 0.2) is 43.0 Å². The van der Waals surface area contributed by atoms with Crippen molar-refractivity contribution in [1.29, 1.82) is 0 Å². The van der Waals surface area contributed by atoms with Crippen LogP contribution in [0.5, 0.6) is 5.75 Å². The Morgan fingerprint density at radius 3 is 2.59 bits per heavy atom. The largest absolute Gasteiger partial charge is 0.494 e. The van der Waals surface area contributed by atoms with Crippen molar-refractivity contribution >= 4 is 18.0 Å². The van der Waals surface area contributed by atoms with Gasteiger partial charge in [0.05, 0.1) is 6.61 Å². The van der Waals surface area contributed by atoms with Crippen molar-refractivity contribution in [3.05, 3.63) is 48.6 Å². The minimum absolute atomic E-state index is 0.336. The van der Waals surface area contributed by atoms with Gasteiger partial charge in [-0.3, -0.25) is 4.79 Å². The van der Waals surface area contributed by atoms with E-state index in [9.17, 15) is 9.59 Å². The molecule has 0 fully saturated rings. The Labute approximate surface area is 130 Å². The molecule has 1 rings (SSSR count). The third-order valence-electron chi connectivity index (χ3n) is 2.69. The molecule has 1 aromatic carbocycles. The van der Waals surface area contributed by atoms with Gasteiger partial charge in [-0.2, -0.15) is 0 Å². The first-order valence-electron chi connectivity index (χ1n) is 7.07. The molecule has 0 saturated carbocycles. The van der Waals surface area contributed by atoms with Gasteiger partial charge < -0.3 is 14.8 Å². The van der Waals surface area contributed by atoms with Gasteiger partial charge >= 0.3 is 5.97 Å². The molecule has 5 heteroatoms. The molecule has 0 aromatic heterocycles. The average Bonchev–Trinajstić information content (AvgIpc) is 2.52. The van der Waals surface area contributed by atoms with Crippen molar-refractivity contribution in [3.63, 3.8) is 0 Å². The highest BCUT2D eigenvalue weighted by Crippen LogP contribution is 2.13. The van der Waals surface area contributed by atoms with Gasteiger partial charge in [0.15, 0.2) is 6.10 Å². The van der Waals surface area contributed by atoms with Crippen molar-refractivity contribution in [2.75, 3.05) is 13.2 Å². The molecule has 22 heavy (non-hydrogen) atoms.